The number of aliphatic hydroxyl groups is 1. The predicted molar refractivity (Wildman–Crippen MR) is 561 cm³/mol. The number of hydrogen-bond acceptors (Lipinski definition) is 14. The highest BCUT2D eigenvalue weighted by atomic mass is 35.5. The molecular formula is C115H178Cl2N6O8. The van der Waals surface area contributed by atoms with Crippen molar-refractivity contribution in [2.75, 3.05) is 112 Å². The van der Waals surface area contributed by atoms with Gasteiger partial charge in [-0.15, -0.1) is 0 Å². The molecule has 4 aliphatic rings. The molecule has 6 aromatic carbocycles. The van der Waals surface area contributed by atoms with Gasteiger partial charge in [-0.05, 0) is 400 Å². The zero-order valence-corrected chi connectivity index (χ0v) is 87.8. The Hall–Kier alpha value is -7.18. The van der Waals surface area contributed by atoms with E-state index in [-0.39, 0.29) is 23.3 Å². The molecule has 6 atom stereocenters. The summed E-state index contributed by atoms with van der Waals surface area (Å²) in [6.07, 6.45) is 27.4. The molecule has 0 bridgehead atoms. The largest absolute Gasteiger partial charge is 0.492 e. The summed E-state index contributed by atoms with van der Waals surface area (Å²) in [6, 6.07) is 51.9. The quantitative estimate of drug-likeness (QED) is 0.0250. The Morgan fingerprint density at radius 3 is 0.901 bits per heavy atom. The second-order valence-electron chi connectivity index (χ2n) is 40.7. The van der Waals surface area contributed by atoms with E-state index in [4.69, 9.17) is 61.5 Å². The molecule has 730 valence electrons. The molecule has 0 saturated carbocycles. The predicted octanol–water partition coefficient (Wildman–Crippen LogP) is 27.4. The van der Waals surface area contributed by atoms with Crippen molar-refractivity contribution in [2.24, 2.45) is 35.5 Å². The molecule has 16 heteroatoms. The Kier molecular flexibility index (Phi) is 54.5. The molecule has 0 aromatic heterocycles. The Morgan fingerprint density at radius 2 is 0.634 bits per heavy atom. The summed E-state index contributed by atoms with van der Waals surface area (Å²) >= 11 is 11.8. The molecule has 4 aliphatic heterocycles. The van der Waals surface area contributed by atoms with E-state index in [1.54, 1.807) is 7.11 Å². The number of para-hydroxylation sites is 1. The van der Waals surface area contributed by atoms with E-state index in [1.165, 1.54) is 141 Å². The molecule has 4 heterocycles. The number of nitrogens with one attached hydrogen (secondary N) is 2. The van der Waals surface area contributed by atoms with Crippen molar-refractivity contribution in [2.45, 2.75) is 291 Å². The van der Waals surface area contributed by atoms with Crippen LogP contribution in [0, 0.1) is 56.3 Å². The van der Waals surface area contributed by atoms with E-state index >= 15 is 0 Å². The molecule has 0 radical (unpaired) electrons. The van der Waals surface area contributed by atoms with Crippen molar-refractivity contribution in [1.29, 1.82) is 0 Å². The Bertz CT molecular complexity index is 4090. The first kappa shape index (κ1) is 114. The van der Waals surface area contributed by atoms with Gasteiger partial charge in [0.1, 0.15) is 72.1 Å². The smallest absolute Gasteiger partial charge is 0.122 e. The van der Waals surface area contributed by atoms with E-state index in [2.05, 4.69) is 288 Å². The van der Waals surface area contributed by atoms with Crippen LogP contribution >= 0.6 is 23.2 Å². The summed E-state index contributed by atoms with van der Waals surface area (Å²) < 4.78 is 41.6. The van der Waals surface area contributed by atoms with Crippen LogP contribution in [0.15, 0.2) is 222 Å². The van der Waals surface area contributed by atoms with Gasteiger partial charge in [0.25, 0.3) is 0 Å². The number of aryl methyl sites for hydroxylation is 3. The van der Waals surface area contributed by atoms with Gasteiger partial charge in [-0.25, -0.2) is 0 Å². The summed E-state index contributed by atoms with van der Waals surface area (Å²) in [5.74, 6) is 10.00. The average Bonchev–Trinajstić information content (AvgIpc) is 0.840. The molecule has 6 aromatic rings. The van der Waals surface area contributed by atoms with Crippen LogP contribution in [0.2, 0.25) is 10.0 Å². The standard InChI is InChI=1S/C22H35NO2.C19H28ClNO2.2C19H31NO.C18H26ClNO.C18H27NO/c1-18(2)16-21(17-25-22-9-7-19(3)8-10-22)23-13-11-20(12-14-23)6-5-15-24-4;1-15(2)13-18(14-23-19-5-3-17(20)4-6-19)21-10-7-16(8-11-21)9-12-22;2*1-14(2)12-18(20-13-15(3)4)19(6,7)21-17-10-8-16(5)9-11-17;1-14(2)12-17(20-10-8-15(3)9-11-20)13-21-18-6-4-16(19)5-7-18;1-15(2)13-17(19-11-9-16(3)10-12-19)14-20-18-7-5-4-6-8-18/h7-10,16,20-21H,5-6,11-15,17H2,1-4H3;3-6,13,16,18,22H,7-12,14H2,1-2H3;2*8-12,15,18,20H,13H2,1-7H3;4-7,12,15,17H,8-11,13H2,1-3H3;4-8,13,16-17H,9-12,14H2,1-3H3. The van der Waals surface area contributed by atoms with Gasteiger partial charge in [0.15, 0.2) is 0 Å². The monoisotopic (exact) mass is 1840 g/mol. The van der Waals surface area contributed by atoms with Crippen LogP contribution in [-0.2, 0) is 4.74 Å². The molecule has 4 saturated heterocycles. The zero-order valence-electron chi connectivity index (χ0n) is 86.3. The number of methoxy groups -OCH3 is 1. The van der Waals surface area contributed by atoms with Crippen molar-refractivity contribution in [1.82, 2.24) is 30.2 Å². The fourth-order valence-electron chi connectivity index (χ4n) is 16.4. The maximum Gasteiger partial charge on any atom is 0.122 e. The second kappa shape index (κ2) is 62.5. The van der Waals surface area contributed by atoms with Crippen molar-refractivity contribution >= 4 is 23.2 Å². The fraction of sp³-hybridized carbons (Fsp3) is 0.583. The fourth-order valence-corrected chi connectivity index (χ4v) is 16.7. The third-order valence-corrected chi connectivity index (χ3v) is 24.8. The summed E-state index contributed by atoms with van der Waals surface area (Å²) in [6.45, 7) is 69.4. The number of aliphatic hydroxyl groups excluding tert-OH is 1. The molecule has 3 N–H and O–H groups in total. The van der Waals surface area contributed by atoms with Gasteiger partial charge in [0.2, 0.25) is 0 Å². The maximum absolute atomic E-state index is 9.09. The number of piperidine rings is 4. The van der Waals surface area contributed by atoms with Crippen LogP contribution < -0.4 is 39.1 Å². The molecule has 6 unspecified atom stereocenters. The van der Waals surface area contributed by atoms with Crippen LogP contribution in [-0.4, -0.2) is 184 Å². The molecule has 14 nitrogen and oxygen atoms in total. The first-order chi connectivity index (χ1) is 62.3. The third kappa shape index (κ3) is 49.2. The van der Waals surface area contributed by atoms with Crippen molar-refractivity contribution in [3.8, 4) is 34.5 Å². The minimum Gasteiger partial charge on any atom is -0.492 e. The highest BCUT2D eigenvalue weighted by molar-refractivity contribution is 6.30. The molecule has 4 fully saturated rings. The lowest BCUT2D eigenvalue weighted by Gasteiger charge is -2.36. The van der Waals surface area contributed by atoms with Gasteiger partial charge in [-0.2, -0.15) is 0 Å². The topological polar surface area (TPSA) is 122 Å². The van der Waals surface area contributed by atoms with Crippen LogP contribution in [0.25, 0.3) is 0 Å². The van der Waals surface area contributed by atoms with Gasteiger partial charge in [-0.3, -0.25) is 19.6 Å². The van der Waals surface area contributed by atoms with E-state index in [1.807, 2.05) is 103 Å². The Labute approximate surface area is 808 Å². The molecule has 10 rings (SSSR count). The highest BCUT2D eigenvalue weighted by Gasteiger charge is 2.33. The molecular weight excluding hydrogens is 1660 g/mol. The summed E-state index contributed by atoms with van der Waals surface area (Å²) in [7, 11) is 1.79. The van der Waals surface area contributed by atoms with E-state index < -0.39 is 0 Å². The van der Waals surface area contributed by atoms with Gasteiger partial charge in [0.05, 0.1) is 36.3 Å². The third-order valence-electron chi connectivity index (χ3n) is 24.3. The minimum absolute atomic E-state index is 0.186. The van der Waals surface area contributed by atoms with E-state index in [9.17, 15) is 0 Å². The zero-order chi connectivity index (χ0) is 96.4. The average molecular weight is 1840 g/mol. The van der Waals surface area contributed by atoms with Gasteiger partial charge in [0, 0.05) is 30.4 Å². The summed E-state index contributed by atoms with van der Waals surface area (Å²) in [5.41, 5.74) is 11.1. The van der Waals surface area contributed by atoms with Crippen LogP contribution in [0.3, 0.4) is 0 Å². The van der Waals surface area contributed by atoms with Crippen LogP contribution in [0.4, 0.5) is 0 Å². The SMILES string of the molecule is CC(C)=CC(COc1ccc(Cl)cc1)N1CCC(C)CC1.CC(C)=CC(COc1ccc(Cl)cc1)N1CCC(CCO)CC1.CC(C)=CC(COc1ccccc1)N1CCC(C)CC1.CC(C)=CC(NCC(C)C)C(C)(C)Oc1ccc(C)cc1.CC(C)=CC(NCC(C)C)C(C)(C)Oc1ccc(C)cc1.COCCCC1CCN(C(C=C(C)C)COc2ccc(C)cc2)CC1. The van der Waals surface area contributed by atoms with Crippen molar-refractivity contribution in [3.05, 3.63) is 248 Å². The van der Waals surface area contributed by atoms with Gasteiger partial charge >= 0.3 is 0 Å². The van der Waals surface area contributed by atoms with Crippen LogP contribution in [0.1, 0.15) is 240 Å². The molecule has 131 heavy (non-hydrogen) atoms. The maximum atomic E-state index is 9.09. The van der Waals surface area contributed by atoms with Crippen molar-refractivity contribution in [3.63, 3.8) is 0 Å². The van der Waals surface area contributed by atoms with E-state index in [0.29, 0.717) is 61.7 Å². The molecule has 0 aliphatic carbocycles. The highest BCUT2D eigenvalue weighted by Crippen LogP contribution is 2.31. The normalized spacial score (nSPS) is 16.4. The number of hydrogen-bond donors (Lipinski definition) is 3. The first-order valence-corrected chi connectivity index (χ1v) is 50.1. The van der Waals surface area contributed by atoms with Gasteiger partial charge < -0.3 is 48.9 Å². The number of benzene rings is 6. The lowest BCUT2D eigenvalue weighted by atomic mass is 9.91. The number of ether oxygens (including phenoxy) is 7. The summed E-state index contributed by atoms with van der Waals surface area (Å²) in [4.78, 5) is 10.2. The number of allylic oxidation sites excluding steroid dienone is 6. The lowest BCUT2D eigenvalue weighted by molar-refractivity contribution is 0.0799. The van der Waals surface area contributed by atoms with E-state index in [0.717, 1.165) is 128 Å². The number of halogens is 2. The molecule has 0 amide bonds. The lowest BCUT2D eigenvalue weighted by Crippen LogP contribution is -2.50. The number of likely N-dealkylation sites (tertiary alicyclic amines) is 4. The number of rotatable bonds is 40. The minimum atomic E-state index is -0.304. The molecule has 0 spiro atoms. The van der Waals surface area contributed by atoms with Gasteiger partial charge in [-0.1, -0.05) is 206 Å². The van der Waals surface area contributed by atoms with Crippen molar-refractivity contribution < 1.29 is 38.3 Å². The number of nitrogens with zero attached hydrogens (tertiary/aromatic N) is 4. The Morgan fingerprint density at radius 1 is 0.374 bits per heavy atom. The summed E-state index contributed by atoms with van der Waals surface area (Å²) in [5, 5.41) is 17.8. The second-order valence-corrected chi connectivity index (χ2v) is 41.5. The Balaban J connectivity index is 0.000000279. The van der Waals surface area contributed by atoms with Crippen LogP contribution in [0.5, 0.6) is 34.5 Å². The first-order valence-electron chi connectivity index (χ1n) is 49.3.